The van der Waals surface area contributed by atoms with Crippen LogP contribution in [0, 0.1) is 23.5 Å². The van der Waals surface area contributed by atoms with Gasteiger partial charge >= 0.3 is 0 Å². The van der Waals surface area contributed by atoms with E-state index in [-0.39, 0.29) is 30.1 Å². The number of nitrogens with zero attached hydrogens (tertiary/aromatic N) is 4. The summed E-state index contributed by atoms with van der Waals surface area (Å²) in [5, 5.41) is 10.4. The number of anilines is 1. The number of nitrogen functional groups attached to an aromatic ring is 1. The molecule has 0 bridgehead atoms. The summed E-state index contributed by atoms with van der Waals surface area (Å²) in [6, 6.07) is 3.41. The van der Waals surface area contributed by atoms with E-state index >= 15 is 0 Å². The fraction of sp³-hybridized carbons (Fsp3) is 0.381. The number of nitrogens with two attached hydrogens (primary N) is 1. The molecule has 2 heterocycles. The molecule has 0 saturated heterocycles. The molecule has 1 fully saturated rings. The van der Waals surface area contributed by atoms with Crippen molar-refractivity contribution in [2.75, 3.05) is 5.73 Å². The Labute approximate surface area is 179 Å². The van der Waals surface area contributed by atoms with E-state index in [4.69, 9.17) is 5.73 Å². The van der Waals surface area contributed by atoms with E-state index in [0.717, 1.165) is 18.9 Å². The minimum absolute atomic E-state index is 0. The second-order valence-electron chi connectivity index (χ2n) is 7.29. The first-order valence-electron chi connectivity index (χ1n) is 9.61. The van der Waals surface area contributed by atoms with Gasteiger partial charge in [0.2, 0.25) is 5.82 Å². The topological polar surface area (TPSA) is 89.9 Å². The molecule has 158 valence electrons. The number of rotatable bonds is 4. The molecule has 1 aromatic carbocycles. The summed E-state index contributed by atoms with van der Waals surface area (Å²) in [4.78, 5) is 13.2. The third-order valence-corrected chi connectivity index (χ3v) is 5.18. The maximum absolute atomic E-state index is 13.8. The Kier molecular flexibility index (Phi) is 5.97. The van der Waals surface area contributed by atoms with Crippen molar-refractivity contribution < 1.29 is 13.9 Å². The van der Waals surface area contributed by atoms with Gasteiger partial charge in [0.1, 0.15) is 23.1 Å². The molecule has 0 amide bonds. The largest absolute Gasteiger partial charge is 0.382 e. The average molecular weight is 434 g/mol. The van der Waals surface area contributed by atoms with Crippen LogP contribution in [-0.2, 0) is 0 Å². The molecule has 2 aromatic heterocycles. The maximum Gasteiger partial charge on any atom is 0.209 e. The lowest BCUT2D eigenvalue weighted by Gasteiger charge is -2.16. The number of halogens is 3. The van der Waals surface area contributed by atoms with Crippen molar-refractivity contribution in [3.05, 3.63) is 35.7 Å². The van der Waals surface area contributed by atoms with Crippen molar-refractivity contribution in [2.45, 2.75) is 51.2 Å². The molecular formula is C21H22ClF2N5O. The van der Waals surface area contributed by atoms with Gasteiger partial charge in [-0.3, -0.25) is 0 Å². The predicted octanol–water partition coefficient (Wildman–Crippen LogP) is 4.01. The number of imidazole rings is 1. The van der Waals surface area contributed by atoms with Crippen LogP contribution in [0.25, 0.3) is 22.6 Å². The molecule has 3 N–H and O–H groups in total. The van der Waals surface area contributed by atoms with Gasteiger partial charge in [0.25, 0.3) is 0 Å². The van der Waals surface area contributed by atoms with Crippen molar-refractivity contribution >= 4 is 29.4 Å². The highest BCUT2D eigenvalue weighted by molar-refractivity contribution is 5.86. The second kappa shape index (κ2) is 8.17. The zero-order valence-electron chi connectivity index (χ0n) is 16.6. The number of aliphatic hydroxyl groups is 1. The Morgan fingerprint density at radius 2 is 1.77 bits per heavy atom. The van der Waals surface area contributed by atoms with E-state index < -0.39 is 17.2 Å². The summed E-state index contributed by atoms with van der Waals surface area (Å²) in [5.74, 6) is 4.97. The van der Waals surface area contributed by atoms with Crippen LogP contribution in [0.3, 0.4) is 0 Å². The summed E-state index contributed by atoms with van der Waals surface area (Å²) in [7, 11) is 0. The van der Waals surface area contributed by atoms with Gasteiger partial charge in [-0.15, -0.1) is 12.4 Å². The fourth-order valence-corrected chi connectivity index (χ4v) is 3.22. The summed E-state index contributed by atoms with van der Waals surface area (Å²) < 4.78 is 29.4. The van der Waals surface area contributed by atoms with Crippen LogP contribution in [-0.4, -0.2) is 30.2 Å². The normalized spacial score (nSPS) is 13.6. The highest BCUT2D eigenvalue weighted by Gasteiger charge is 2.31. The maximum atomic E-state index is 13.8. The van der Waals surface area contributed by atoms with Crippen LogP contribution < -0.4 is 5.73 Å². The van der Waals surface area contributed by atoms with Gasteiger partial charge in [0.05, 0.1) is 0 Å². The molecular weight excluding hydrogens is 412 g/mol. The van der Waals surface area contributed by atoms with Crippen molar-refractivity contribution in [3.8, 4) is 23.2 Å². The Morgan fingerprint density at radius 1 is 1.13 bits per heavy atom. The molecule has 0 spiro atoms. The molecule has 6 nitrogen and oxygen atoms in total. The first-order chi connectivity index (χ1) is 13.8. The first kappa shape index (κ1) is 21.9. The number of hydrogen-bond donors (Lipinski definition) is 2. The standard InChI is InChI=1S/C21H21F2N5O.ClH/c1-3-21(29,4-2)8-7-16-25-18(24)17-20(26-16)28(15-5-6-15)19(27-17)12-9-13(22)11-14(23)10-12;/h9-11,15,29H,3-6H2,1-2H3,(H2,24,25,26);1H. The van der Waals surface area contributed by atoms with Gasteiger partial charge in [-0.2, -0.15) is 0 Å². The molecule has 1 aliphatic carbocycles. The third-order valence-electron chi connectivity index (χ3n) is 5.18. The molecule has 0 aliphatic heterocycles. The smallest absolute Gasteiger partial charge is 0.209 e. The molecule has 4 rings (SSSR count). The Balaban J connectivity index is 0.00000256. The highest BCUT2D eigenvalue weighted by atomic mass is 35.5. The molecule has 30 heavy (non-hydrogen) atoms. The summed E-state index contributed by atoms with van der Waals surface area (Å²) in [6.45, 7) is 3.70. The lowest BCUT2D eigenvalue weighted by molar-refractivity contribution is 0.0931. The Bertz CT molecular complexity index is 1140. The quantitative estimate of drug-likeness (QED) is 0.607. The van der Waals surface area contributed by atoms with Crippen molar-refractivity contribution in [3.63, 3.8) is 0 Å². The van der Waals surface area contributed by atoms with Crippen molar-refractivity contribution in [1.29, 1.82) is 0 Å². The van der Waals surface area contributed by atoms with Crippen LogP contribution in [0.4, 0.5) is 14.6 Å². The van der Waals surface area contributed by atoms with Gasteiger partial charge in [0.15, 0.2) is 17.0 Å². The summed E-state index contributed by atoms with van der Waals surface area (Å²) >= 11 is 0. The fourth-order valence-electron chi connectivity index (χ4n) is 3.22. The van der Waals surface area contributed by atoms with Crippen LogP contribution in [0.1, 0.15) is 51.4 Å². The molecule has 1 aliphatic rings. The highest BCUT2D eigenvalue weighted by Crippen LogP contribution is 2.41. The van der Waals surface area contributed by atoms with Gasteiger partial charge < -0.3 is 15.4 Å². The number of fused-ring (bicyclic) bond motifs is 1. The average Bonchev–Trinajstić information content (AvgIpc) is 3.45. The zero-order chi connectivity index (χ0) is 20.8. The number of aromatic nitrogens is 4. The Hall–Kier alpha value is -2.76. The van der Waals surface area contributed by atoms with E-state index in [1.54, 1.807) is 0 Å². The second-order valence-corrected chi connectivity index (χ2v) is 7.29. The van der Waals surface area contributed by atoms with Gasteiger partial charge in [-0.1, -0.05) is 19.8 Å². The molecule has 0 radical (unpaired) electrons. The van der Waals surface area contributed by atoms with Crippen molar-refractivity contribution in [1.82, 2.24) is 19.5 Å². The van der Waals surface area contributed by atoms with E-state index in [1.807, 2.05) is 18.4 Å². The van der Waals surface area contributed by atoms with E-state index in [1.165, 1.54) is 12.1 Å². The van der Waals surface area contributed by atoms with Gasteiger partial charge in [-0.05, 0) is 43.7 Å². The lowest BCUT2D eigenvalue weighted by atomic mass is 9.98. The third kappa shape index (κ3) is 4.09. The van der Waals surface area contributed by atoms with E-state index in [9.17, 15) is 13.9 Å². The molecule has 0 atom stereocenters. The zero-order valence-corrected chi connectivity index (χ0v) is 17.4. The van der Waals surface area contributed by atoms with Crippen LogP contribution in [0.15, 0.2) is 18.2 Å². The summed E-state index contributed by atoms with van der Waals surface area (Å²) in [5.41, 5.74) is 6.13. The predicted molar refractivity (Wildman–Crippen MR) is 113 cm³/mol. The van der Waals surface area contributed by atoms with Crippen LogP contribution >= 0.6 is 12.4 Å². The molecule has 9 heteroatoms. The minimum atomic E-state index is -1.12. The first-order valence-corrected chi connectivity index (χ1v) is 9.61. The van der Waals surface area contributed by atoms with Gasteiger partial charge in [0, 0.05) is 17.7 Å². The molecule has 0 unspecified atom stereocenters. The number of hydrogen-bond acceptors (Lipinski definition) is 5. The van der Waals surface area contributed by atoms with Crippen LogP contribution in [0.5, 0.6) is 0 Å². The minimum Gasteiger partial charge on any atom is -0.382 e. The Morgan fingerprint density at radius 3 is 2.33 bits per heavy atom. The van der Waals surface area contributed by atoms with Crippen LogP contribution in [0.2, 0.25) is 0 Å². The van der Waals surface area contributed by atoms with Crippen molar-refractivity contribution in [2.24, 2.45) is 0 Å². The molecule has 1 saturated carbocycles. The van der Waals surface area contributed by atoms with E-state index in [2.05, 4.69) is 26.8 Å². The monoisotopic (exact) mass is 433 g/mol. The summed E-state index contributed by atoms with van der Waals surface area (Å²) in [6.07, 6.45) is 2.77. The lowest BCUT2D eigenvalue weighted by Crippen LogP contribution is -2.23. The number of benzene rings is 1. The SMILES string of the molecule is CCC(O)(C#Cc1nc(N)c2nc(-c3cc(F)cc(F)c3)n(C3CC3)c2n1)CC.Cl. The van der Waals surface area contributed by atoms with Gasteiger partial charge in [-0.25, -0.2) is 23.7 Å². The molecule has 3 aromatic rings. The van der Waals surface area contributed by atoms with E-state index in [0.29, 0.717) is 35.4 Å².